The standard InChI is InChI=1S/C20H34N4O/c1-5-11-25-19-12-16(2)8-9-18(19)14-23-20(21-3)22-13-17-7-6-10-24(4)15-17/h8-9,12,17H,5-7,10-11,13-15H2,1-4H3,(H2,21,22,23). The van der Waals surface area contributed by atoms with Crippen molar-refractivity contribution >= 4 is 5.96 Å². The topological polar surface area (TPSA) is 48.9 Å². The monoisotopic (exact) mass is 346 g/mol. The summed E-state index contributed by atoms with van der Waals surface area (Å²) in [7, 11) is 4.03. The molecular formula is C20H34N4O. The molecule has 1 saturated heterocycles. The van der Waals surface area contributed by atoms with E-state index in [4.69, 9.17) is 4.74 Å². The third-order valence-electron chi connectivity index (χ3n) is 4.63. The van der Waals surface area contributed by atoms with E-state index in [9.17, 15) is 0 Å². The van der Waals surface area contributed by atoms with Crippen molar-refractivity contribution < 1.29 is 4.74 Å². The quantitative estimate of drug-likeness (QED) is 0.589. The van der Waals surface area contributed by atoms with Crippen LogP contribution in [0.2, 0.25) is 0 Å². The van der Waals surface area contributed by atoms with Gasteiger partial charge in [-0.2, -0.15) is 0 Å². The number of ether oxygens (including phenoxy) is 1. The molecule has 0 radical (unpaired) electrons. The molecule has 0 amide bonds. The molecule has 2 rings (SSSR count). The summed E-state index contributed by atoms with van der Waals surface area (Å²) in [4.78, 5) is 6.77. The maximum atomic E-state index is 5.89. The van der Waals surface area contributed by atoms with Crippen molar-refractivity contribution in [2.75, 3.05) is 40.3 Å². The lowest BCUT2D eigenvalue weighted by atomic mass is 9.99. The number of aryl methyl sites for hydroxylation is 1. The molecule has 1 aliphatic rings. The fourth-order valence-corrected chi connectivity index (χ4v) is 3.23. The lowest BCUT2D eigenvalue weighted by molar-refractivity contribution is 0.210. The number of guanidine groups is 1. The number of piperidine rings is 1. The van der Waals surface area contributed by atoms with Crippen LogP contribution >= 0.6 is 0 Å². The van der Waals surface area contributed by atoms with Gasteiger partial charge in [0, 0.05) is 32.2 Å². The zero-order chi connectivity index (χ0) is 18.1. The highest BCUT2D eigenvalue weighted by Crippen LogP contribution is 2.20. The van der Waals surface area contributed by atoms with Crippen LogP contribution in [-0.2, 0) is 6.54 Å². The van der Waals surface area contributed by atoms with Crippen molar-refractivity contribution in [2.24, 2.45) is 10.9 Å². The first-order valence-corrected chi connectivity index (χ1v) is 9.47. The summed E-state index contributed by atoms with van der Waals surface area (Å²) < 4.78 is 5.89. The van der Waals surface area contributed by atoms with Crippen LogP contribution in [0.5, 0.6) is 5.75 Å². The second-order valence-corrected chi connectivity index (χ2v) is 7.04. The molecular weight excluding hydrogens is 312 g/mol. The number of likely N-dealkylation sites (tertiary alicyclic amines) is 1. The minimum Gasteiger partial charge on any atom is -0.493 e. The largest absolute Gasteiger partial charge is 0.493 e. The van der Waals surface area contributed by atoms with Crippen molar-refractivity contribution in [3.8, 4) is 5.75 Å². The van der Waals surface area contributed by atoms with Gasteiger partial charge in [-0.15, -0.1) is 0 Å². The van der Waals surface area contributed by atoms with Gasteiger partial charge in [0.05, 0.1) is 6.61 Å². The summed E-state index contributed by atoms with van der Waals surface area (Å²) in [6.07, 6.45) is 3.59. The van der Waals surface area contributed by atoms with E-state index < -0.39 is 0 Å². The molecule has 5 heteroatoms. The van der Waals surface area contributed by atoms with Crippen LogP contribution in [0.1, 0.15) is 37.3 Å². The van der Waals surface area contributed by atoms with E-state index in [0.29, 0.717) is 12.5 Å². The van der Waals surface area contributed by atoms with Crippen LogP contribution in [0.3, 0.4) is 0 Å². The Balaban J connectivity index is 1.85. The molecule has 1 aromatic rings. The van der Waals surface area contributed by atoms with Gasteiger partial charge < -0.3 is 20.3 Å². The molecule has 1 aliphatic heterocycles. The number of nitrogens with one attached hydrogen (secondary N) is 2. The second-order valence-electron chi connectivity index (χ2n) is 7.04. The Bertz CT molecular complexity index is 559. The average molecular weight is 347 g/mol. The Kier molecular flexibility index (Phi) is 8.06. The molecule has 2 N–H and O–H groups in total. The van der Waals surface area contributed by atoms with Gasteiger partial charge in [-0.25, -0.2) is 0 Å². The Morgan fingerprint density at radius 2 is 2.20 bits per heavy atom. The van der Waals surface area contributed by atoms with Gasteiger partial charge in [-0.1, -0.05) is 19.1 Å². The van der Waals surface area contributed by atoms with Crippen LogP contribution in [0.4, 0.5) is 0 Å². The van der Waals surface area contributed by atoms with Crippen molar-refractivity contribution in [1.82, 2.24) is 15.5 Å². The molecule has 1 unspecified atom stereocenters. The molecule has 1 aromatic carbocycles. The summed E-state index contributed by atoms with van der Waals surface area (Å²) in [5.41, 5.74) is 2.39. The highest BCUT2D eigenvalue weighted by Gasteiger charge is 2.17. The van der Waals surface area contributed by atoms with Gasteiger partial charge in [0.1, 0.15) is 5.75 Å². The van der Waals surface area contributed by atoms with E-state index in [0.717, 1.165) is 37.8 Å². The highest BCUT2D eigenvalue weighted by molar-refractivity contribution is 5.79. The Morgan fingerprint density at radius 3 is 2.92 bits per heavy atom. The lowest BCUT2D eigenvalue weighted by Crippen LogP contribution is -2.43. The van der Waals surface area contributed by atoms with Crippen molar-refractivity contribution in [1.29, 1.82) is 0 Å². The van der Waals surface area contributed by atoms with E-state index in [2.05, 4.69) is 59.6 Å². The molecule has 1 atom stereocenters. The second kappa shape index (κ2) is 10.3. The Morgan fingerprint density at radius 1 is 1.36 bits per heavy atom. The smallest absolute Gasteiger partial charge is 0.191 e. The normalized spacial score (nSPS) is 18.9. The van der Waals surface area contributed by atoms with Gasteiger partial charge in [-0.05, 0) is 57.3 Å². The number of hydrogen-bond acceptors (Lipinski definition) is 3. The number of aliphatic imine (C=N–C) groups is 1. The summed E-state index contributed by atoms with van der Waals surface area (Å²) in [5, 5.41) is 6.89. The molecule has 140 valence electrons. The van der Waals surface area contributed by atoms with Gasteiger partial charge in [0.25, 0.3) is 0 Å². The third kappa shape index (κ3) is 6.58. The summed E-state index contributed by atoms with van der Waals surface area (Å²) in [6.45, 7) is 9.04. The molecule has 0 aromatic heterocycles. The molecule has 0 bridgehead atoms. The van der Waals surface area contributed by atoms with Gasteiger partial charge in [-0.3, -0.25) is 4.99 Å². The molecule has 0 saturated carbocycles. The molecule has 5 nitrogen and oxygen atoms in total. The van der Waals surface area contributed by atoms with E-state index in [-0.39, 0.29) is 0 Å². The first-order chi connectivity index (χ1) is 12.1. The van der Waals surface area contributed by atoms with Crippen molar-refractivity contribution in [3.05, 3.63) is 29.3 Å². The highest BCUT2D eigenvalue weighted by atomic mass is 16.5. The first-order valence-electron chi connectivity index (χ1n) is 9.47. The van der Waals surface area contributed by atoms with Crippen LogP contribution < -0.4 is 15.4 Å². The summed E-state index contributed by atoms with van der Waals surface area (Å²) in [5.74, 6) is 2.52. The first kappa shape index (κ1) is 19.6. The minimum absolute atomic E-state index is 0.695. The molecule has 0 spiro atoms. The van der Waals surface area contributed by atoms with Gasteiger partial charge in [0.15, 0.2) is 5.96 Å². The number of rotatable bonds is 7. The summed E-state index contributed by atoms with van der Waals surface area (Å²) in [6, 6.07) is 6.38. The van der Waals surface area contributed by atoms with Crippen molar-refractivity contribution in [2.45, 2.75) is 39.7 Å². The lowest BCUT2D eigenvalue weighted by Gasteiger charge is -2.30. The fraction of sp³-hybridized carbons (Fsp3) is 0.650. The van der Waals surface area contributed by atoms with Crippen LogP contribution in [0.15, 0.2) is 23.2 Å². The number of nitrogens with zero attached hydrogens (tertiary/aromatic N) is 2. The van der Waals surface area contributed by atoms with E-state index in [1.54, 1.807) is 0 Å². The van der Waals surface area contributed by atoms with Crippen LogP contribution in [-0.4, -0.2) is 51.2 Å². The van der Waals surface area contributed by atoms with E-state index >= 15 is 0 Å². The third-order valence-corrected chi connectivity index (χ3v) is 4.63. The molecule has 1 fully saturated rings. The predicted molar refractivity (Wildman–Crippen MR) is 105 cm³/mol. The molecule has 0 aliphatic carbocycles. The Labute approximate surface area is 152 Å². The Hall–Kier alpha value is -1.75. The molecule has 25 heavy (non-hydrogen) atoms. The van der Waals surface area contributed by atoms with Crippen molar-refractivity contribution in [3.63, 3.8) is 0 Å². The SMILES string of the molecule is CCCOc1cc(C)ccc1CNC(=NC)NCC1CCCN(C)C1. The summed E-state index contributed by atoms with van der Waals surface area (Å²) >= 11 is 0. The zero-order valence-electron chi connectivity index (χ0n) is 16.3. The van der Waals surface area contributed by atoms with E-state index in [1.165, 1.54) is 30.5 Å². The van der Waals surface area contributed by atoms with Gasteiger partial charge >= 0.3 is 0 Å². The maximum Gasteiger partial charge on any atom is 0.191 e. The van der Waals surface area contributed by atoms with Crippen LogP contribution in [0, 0.1) is 12.8 Å². The number of hydrogen-bond donors (Lipinski definition) is 2. The maximum absolute atomic E-state index is 5.89. The van der Waals surface area contributed by atoms with Crippen LogP contribution in [0.25, 0.3) is 0 Å². The average Bonchev–Trinajstić information content (AvgIpc) is 2.61. The van der Waals surface area contributed by atoms with E-state index in [1.807, 2.05) is 7.05 Å². The predicted octanol–water partition coefficient (Wildman–Crippen LogP) is 2.79. The number of benzene rings is 1. The van der Waals surface area contributed by atoms with Gasteiger partial charge in [0.2, 0.25) is 0 Å². The minimum atomic E-state index is 0.695. The fourth-order valence-electron chi connectivity index (χ4n) is 3.23. The zero-order valence-corrected chi connectivity index (χ0v) is 16.3. The molecule has 1 heterocycles.